The van der Waals surface area contributed by atoms with Crippen LogP contribution in [0.25, 0.3) is 0 Å². The normalized spacial score (nSPS) is 11.9. The molecule has 0 aliphatic carbocycles. The summed E-state index contributed by atoms with van der Waals surface area (Å²) in [4.78, 5) is 12.7. The smallest absolute Gasteiger partial charge is 0.264 e. The minimum atomic E-state index is -3.76. The molecule has 3 aromatic carbocycles. The Hall–Kier alpha value is -3.70. The summed E-state index contributed by atoms with van der Waals surface area (Å²) in [6.07, 6.45) is 0. The lowest BCUT2D eigenvalue weighted by molar-refractivity contribution is 0.0944. The van der Waals surface area contributed by atoms with Crippen LogP contribution in [-0.4, -0.2) is 21.4 Å². The van der Waals surface area contributed by atoms with Crippen LogP contribution < -0.4 is 9.62 Å². The zero-order chi connectivity index (χ0) is 22.6. The van der Waals surface area contributed by atoms with E-state index in [1.54, 1.807) is 18.2 Å². The van der Waals surface area contributed by atoms with Gasteiger partial charge in [-0.2, -0.15) is 5.26 Å². The van der Waals surface area contributed by atoms with Gasteiger partial charge in [-0.1, -0.05) is 35.9 Å². The SMILES string of the molecule is Cc1ccc(S(=O)(=O)N(C)c2ccc(C(=O)NC(C#N)c3ccccc3F)cc2)cc1. The summed E-state index contributed by atoms with van der Waals surface area (Å²) in [6, 6.07) is 18.8. The van der Waals surface area contributed by atoms with Crippen molar-refractivity contribution in [2.75, 3.05) is 11.4 Å². The van der Waals surface area contributed by atoms with Gasteiger partial charge >= 0.3 is 0 Å². The van der Waals surface area contributed by atoms with E-state index in [1.807, 2.05) is 13.0 Å². The number of nitrogens with one attached hydrogen (secondary N) is 1. The molecular formula is C23H20FN3O3S. The first-order valence-corrected chi connectivity index (χ1v) is 10.8. The maximum atomic E-state index is 13.9. The number of anilines is 1. The number of nitriles is 1. The van der Waals surface area contributed by atoms with Gasteiger partial charge in [-0.05, 0) is 49.4 Å². The number of carbonyl (C=O) groups is 1. The zero-order valence-electron chi connectivity index (χ0n) is 16.9. The number of rotatable bonds is 6. The summed E-state index contributed by atoms with van der Waals surface area (Å²) < 4.78 is 40.7. The van der Waals surface area contributed by atoms with Gasteiger partial charge in [0.2, 0.25) is 0 Å². The number of benzene rings is 3. The third-order valence-electron chi connectivity index (χ3n) is 4.79. The fourth-order valence-corrected chi connectivity index (χ4v) is 4.13. The second-order valence-corrected chi connectivity index (χ2v) is 8.86. The van der Waals surface area contributed by atoms with Crippen molar-refractivity contribution in [1.29, 1.82) is 5.26 Å². The highest BCUT2D eigenvalue weighted by molar-refractivity contribution is 7.92. The van der Waals surface area contributed by atoms with Crippen molar-refractivity contribution in [3.63, 3.8) is 0 Å². The van der Waals surface area contributed by atoms with E-state index in [2.05, 4.69) is 5.32 Å². The van der Waals surface area contributed by atoms with Crippen LogP contribution in [-0.2, 0) is 10.0 Å². The van der Waals surface area contributed by atoms with Gasteiger partial charge in [-0.3, -0.25) is 9.10 Å². The average molecular weight is 437 g/mol. The minimum absolute atomic E-state index is 0.0684. The molecule has 1 amide bonds. The Labute approximate surface area is 180 Å². The second kappa shape index (κ2) is 8.98. The van der Waals surface area contributed by atoms with Gasteiger partial charge in [0.25, 0.3) is 15.9 Å². The highest BCUT2D eigenvalue weighted by atomic mass is 32.2. The molecule has 0 radical (unpaired) electrons. The van der Waals surface area contributed by atoms with E-state index in [4.69, 9.17) is 0 Å². The molecule has 1 unspecified atom stereocenters. The van der Waals surface area contributed by atoms with E-state index in [1.165, 1.54) is 61.6 Å². The van der Waals surface area contributed by atoms with Crippen molar-refractivity contribution in [1.82, 2.24) is 5.32 Å². The molecule has 158 valence electrons. The molecule has 6 nitrogen and oxygen atoms in total. The zero-order valence-corrected chi connectivity index (χ0v) is 17.7. The first-order chi connectivity index (χ1) is 14.7. The highest BCUT2D eigenvalue weighted by Crippen LogP contribution is 2.23. The lowest BCUT2D eigenvalue weighted by Crippen LogP contribution is -2.29. The van der Waals surface area contributed by atoms with Gasteiger partial charge in [0.15, 0.2) is 0 Å². The molecule has 31 heavy (non-hydrogen) atoms. The molecular weight excluding hydrogens is 417 g/mol. The molecule has 0 saturated carbocycles. The van der Waals surface area contributed by atoms with E-state index in [0.29, 0.717) is 5.69 Å². The van der Waals surface area contributed by atoms with Crippen molar-refractivity contribution in [3.05, 3.63) is 95.3 Å². The monoisotopic (exact) mass is 437 g/mol. The van der Waals surface area contributed by atoms with Gasteiger partial charge in [0.05, 0.1) is 16.7 Å². The van der Waals surface area contributed by atoms with Gasteiger partial charge < -0.3 is 5.32 Å². The quantitative estimate of drug-likeness (QED) is 0.632. The van der Waals surface area contributed by atoms with Crippen LogP contribution in [0.3, 0.4) is 0 Å². The van der Waals surface area contributed by atoms with Gasteiger partial charge in [-0.15, -0.1) is 0 Å². The Morgan fingerprint density at radius 3 is 2.23 bits per heavy atom. The number of halogens is 1. The number of aryl methyl sites for hydroxylation is 1. The molecule has 0 saturated heterocycles. The molecule has 0 aliphatic rings. The first kappa shape index (κ1) is 22.0. The van der Waals surface area contributed by atoms with E-state index in [-0.39, 0.29) is 16.0 Å². The number of amides is 1. The Balaban J connectivity index is 1.77. The number of hydrogen-bond acceptors (Lipinski definition) is 4. The number of sulfonamides is 1. The number of carbonyl (C=O) groups excluding carboxylic acids is 1. The summed E-state index contributed by atoms with van der Waals surface area (Å²) in [5.41, 5.74) is 1.59. The number of hydrogen-bond donors (Lipinski definition) is 1. The molecule has 0 aliphatic heterocycles. The number of nitrogens with zero attached hydrogens (tertiary/aromatic N) is 2. The largest absolute Gasteiger partial charge is 0.332 e. The predicted molar refractivity (Wildman–Crippen MR) is 115 cm³/mol. The lowest BCUT2D eigenvalue weighted by Gasteiger charge is -2.20. The van der Waals surface area contributed by atoms with Crippen LogP contribution in [0.4, 0.5) is 10.1 Å². The van der Waals surface area contributed by atoms with Crippen LogP contribution in [0, 0.1) is 24.1 Å². The van der Waals surface area contributed by atoms with Crippen molar-refractivity contribution in [3.8, 4) is 6.07 Å². The van der Waals surface area contributed by atoms with Gasteiger partial charge in [0, 0.05) is 18.2 Å². The third kappa shape index (κ3) is 4.73. The van der Waals surface area contributed by atoms with Crippen molar-refractivity contribution < 1.29 is 17.6 Å². The summed E-state index contributed by atoms with van der Waals surface area (Å²) in [7, 11) is -2.33. The second-order valence-electron chi connectivity index (χ2n) is 6.89. The van der Waals surface area contributed by atoms with Crippen LogP contribution in [0.15, 0.2) is 77.7 Å². The predicted octanol–water partition coefficient (Wildman–Crippen LogP) is 3.95. The van der Waals surface area contributed by atoms with E-state index in [9.17, 15) is 22.9 Å². The molecule has 1 N–H and O–H groups in total. The Morgan fingerprint density at radius 1 is 1.03 bits per heavy atom. The van der Waals surface area contributed by atoms with E-state index < -0.39 is 27.8 Å². The lowest BCUT2D eigenvalue weighted by atomic mass is 10.1. The summed E-state index contributed by atoms with van der Waals surface area (Å²) >= 11 is 0. The van der Waals surface area contributed by atoms with Crippen LogP contribution in [0.2, 0.25) is 0 Å². The van der Waals surface area contributed by atoms with Crippen molar-refractivity contribution in [2.24, 2.45) is 0 Å². The van der Waals surface area contributed by atoms with Gasteiger partial charge in [-0.25, -0.2) is 12.8 Å². The van der Waals surface area contributed by atoms with Crippen LogP contribution in [0.5, 0.6) is 0 Å². The maximum absolute atomic E-state index is 13.9. The van der Waals surface area contributed by atoms with Gasteiger partial charge in [0.1, 0.15) is 11.9 Å². The summed E-state index contributed by atoms with van der Waals surface area (Å²) in [6.45, 7) is 1.87. The maximum Gasteiger partial charge on any atom is 0.264 e. The van der Waals surface area contributed by atoms with E-state index >= 15 is 0 Å². The Kier molecular flexibility index (Phi) is 6.37. The molecule has 3 rings (SSSR count). The van der Waals surface area contributed by atoms with Crippen LogP contribution >= 0.6 is 0 Å². The molecule has 8 heteroatoms. The topological polar surface area (TPSA) is 90.3 Å². The molecule has 0 heterocycles. The molecule has 0 spiro atoms. The molecule has 3 aromatic rings. The van der Waals surface area contributed by atoms with Crippen LogP contribution in [0.1, 0.15) is 27.5 Å². The minimum Gasteiger partial charge on any atom is -0.332 e. The summed E-state index contributed by atoms with van der Waals surface area (Å²) in [5, 5.41) is 11.8. The third-order valence-corrected chi connectivity index (χ3v) is 6.59. The molecule has 0 fully saturated rings. The molecule has 1 atom stereocenters. The Morgan fingerprint density at radius 2 is 1.65 bits per heavy atom. The van der Waals surface area contributed by atoms with E-state index in [0.717, 1.165) is 9.87 Å². The average Bonchev–Trinajstić information content (AvgIpc) is 2.77. The fourth-order valence-electron chi connectivity index (χ4n) is 2.93. The standard InChI is InChI=1S/C23H20FN3O3S/c1-16-7-13-19(14-8-16)31(29,30)27(2)18-11-9-17(10-12-18)23(28)26-22(15-25)20-5-3-4-6-21(20)24/h3-14,22H,1-2H3,(H,26,28). The molecule has 0 aromatic heterocycles. The first-order valence-electron chi connectivity index (χ1n) is 9.34. The summed E-state index contributed by atoms with van der Waals surface area (Å²) in [5.74, 6) is -1.17. The fraction of sp³-hybridized carbons (Fsp3) is 0.130. The molecule has 0 bridgehead atoms. The van der Waals surface area contributed by atoms with Crippen molar-refractivity contribution in [2.45, 2.75) is 17.9 Å². The Bertz CT molecular complexity index is 1230. The highest BCUT2D eigenvalue weighted by Gasteiger charge is 2.22. The van der Waals surface area contributed by atoms with Crippen molar-refractivity contribution >= 4 is 21.6 Å².